The molecule has 0 spiro atoms. The number of hydrogen-bond donors (Lipinski definition) is 0. The average Bonchev–Trinajstić information content (AvgIpc) is 2.87. The molecule has 96 valence electrons. The Morgan fingerprint density at radius 1 is 1.28 bits per heavy atom. The molecule has 3 rings (SSSR count). The lowest BCUT2D eigenvalue weighted by molar-refractivity contribution is 0.122. The van der Waals surface area contributed by atoms with Crippen molar-refractivity contribution < 1.29 is 4.74 Å². The van der Waals surface area contributed by atoms with Crippen LogP contribution < -0.4 is 4.90 Å². The van der Waals surface area contributed by atoms with E-state index in [0.29, 0.717) is 0 Å². The number of anilines is 1. The highest BCUT2D eigenvalue weighted by Gasteiger charge is 2.17. The van der Waals surface area contributed by atoms with Crippen LogP contribution in [0.15, 0.2) is 10.8 Å². The van der Waals surface area contributed by atoms with E-state index in [1.54, 1.807) is 11.3 Å². The normalized spacial score (nSPS) is 16.4. The Hall–Kier alpha value is -1.20. The van der Waals surface area contributed by atoms with E-state index < -0.39 is 0 Å². The van der Waals surface area contributed by atoms with Crippen molar-refractivity contribution in [1.29, 1.82) is 0 Å². The number of aromatic nitrogens is 2. The third kappa shape index (κ3) is 2.20. The summed E-state index contributed by atoms with van der Waals surface area (Å²) in [7, 11) is 0. The predicted molar refractivity (Wildman–Crippen MR) is 74.4 cm³/mol. The summed E-state index contributed by atoms with van der Waals surface area (Å²) in [5, 5.41) is 5.44. The smallest absolute Gasteiger partial charge is 0.141 e. The van der Waals surface area contributed by atoms with E-state index >= 15 is 0 Å². The first-order valence-corrected chi connectivity index (χ1v) is 7.38. The lowest BCUT2D eigenvalue weighted by atomic mass is 10.2. The Kier molecular flexibility index (Phi) is 3.43. The summed E-state index contributed by atoms with van der Waals surface area (Å²) in [4.78, 5) is 11.7. The van der Waals surface area contributed by atoms with Gasteiger partial charge >= 0.3 is 0 Å². The molecule has 0 aliphatic carbocycles. The molecule has 2 aromatic heterocycles. The minimum atomic E-state index is 0.790. The van der Waals surface area contributed by atoms with Gasteiger partial charge in [-0.25, -0.2) is 9.97 Å². The quantitative estimate of drug-likeness (QED) is 0.852. The molecule has 0 aromatic carbocycles. The fourth-order valence-electron chi connectivity index (χ4n) is 2.24. The third-order valence-corrected chi connectivity index (χ3v) is 3.88. The van der Waals surface area contributed by atoms with Gasteiger partial charge in [-0.15, -0.1) is 11.3 Å². The molecule has 3 heterocycles. The summed E-state index contributed by atoms with van der Waals surface area (Å²) < 4.78 is 5.41. The second kappa shape index (κ2) is 5.20. The molecule has 18 heavy (non-hydrogen) atoms. The Bertz CT molecular complexity index is 534. The second-order valence-corrected chi connectivity index (χ2v) is 5.23. The first kappa shape index (κ1) is 11.9. The predicted octanol–water partition coefficient (Wildman–Crippen LogP) is 2.48. The van der Waals surface area contributed by atoms with Crippen LogP contribution in [0.25, 0.3) is 10.9 Å². The molecule has 1 saturated heterocycles. The van der Waals surface area contributed by atoms with Crippen molar-refractivity contribution in [1.82, 2.24) is 9.97 Å². The summed E-state index contributed by atoms with van der Waals surface area (Å²) in [6, 6.07) is 0. The maximum Gasteiger partial charge on any atom is 0.141 e. The highest BCUT2D eigenvalue weighted by Crippen LogP contribution is 2.27. The number of fused-ring (bicyclic) bond motifs is 1. The highest BCUT2D eigenvalue weighted by molar-refractivity contribution is 7.09. The fraction of sp³-hybridized carbons (Fsp3) is 0.538. The standard InChI is InChI=1S/C13H17N3OS/c1-2-3-12-14-11-9-18-8-10(11)13(15-12)16-4-6-17-7-5-16/h8-9H,2-7H2,1H3. The van der Waals surface area contributed by atoms with Gasteiger partial charge in [-0.05, 0) is 6.42 Å². The number of aryl methyl sites for hydroxylation is 1. The van der Waals surface area contributed by atoms with E-state index in [0.717, 1.165) is 56.3 Å². The molecule has 1 aliphatic rings. The van der Waals surface area contributed by atoms with Crippen molar-refractivity contribution in [2.75, 3.05) is 31.2 Å². The van der Waals surface area contributed by atoms with Gasteiger partial charge in [0.25, 0.3) is 0 Å². The second-order valence-electron chi connectivity index (χ2n) is 4.48. The van der Waals surface area contributed by atoms with Crippen LogP contribution in [0.3, 0.4) is 0 Å². The van der Waals surface area contributed by atoms with E-state index in [-0.39, 0.29) is 0 Å². The highest BCUT2D eigenvalue weighted by atomic mass is 32.1. The number of hydrogen-bond acceptors (Lipinski definition) is 5. The zero-order chi connectivity index (χ0) is 12.4. The van der Waals surface area contributed by atoms with Crippen molar-refractivity contribution in [3.63, 3.8) is 0 Å². The van der Waals surface area contributed by atoms with E-state index in [4.69, 9.17) is 9.72 Å². The Balaban J connectivity index is 2.03. The van der Waals surface area contributed by atoms with Crippen molar-refractivity contribution in [2.45, 2.75) is 19.8 Å². The maximum absolute atomic E-state index is 5.41. The minimum Gasteiger partial charge on any atom is -0.378 e. The van der Waals surface area contributed by atoms with Crippen LogP contribution in [0.1, 0.15) is 19.2 Å². The molecule has 1 fully saturated rings. The van der Waals surface area contributed by atoms with Crippen LogP contribution in [0.2, 0.25) is 0 Å². The van der Waals surface area contributed by atoms with Crippen LogP contribution >= 0.6 is 11.3 Å². The van der Waals surface area contributed by atoms with Gasteiger partial charge in [0.1, 0.15) is 11.6 Å². The molecular formula is C13H17N3OS. The molecule has 0 N–H and O–H groups in total. The Morgan fingerprint density at radius 2 is 2.11 bits per heavy atom. The van der Waals surface area contributed by atoms with Gasteiger partial charge in [0.05, 0.1) is 24.1 Å². The maximum atomic E-state index is 5.41. The van der Waals surface area contributed by atoms with E-state index in [9.17, 15) is 0 Å². The van der Waals surface area contributed by atoms with Gasteiger partial charge in [-0.2, -0.15) is 0 Å². The number of nitrogens with zero attached hydrogens (tertiary/aromatic N) is 3. The molecule has 0 unspecified atom stereocenters. The van der Waals surface area contributed by atoms with Gasteiger partial charge < -0.3 is 9.64 Å². The average molecular weight is 263 g/mol. The third-order valence-electron chi connectivity index (χ3n) is 3.15. The number of ether oxygens (including phenoxy) is 1. The monoisotopic (exact) mass is 263 g/mol. The zero-order valence-corrected chi connectivity index (χ0v) is 11.4. The van der Waals surface area contributed by atoms with Crippen molar-refractivity contribution in [2.24, 2.45) is 0 Å². The van der Waals surface area contributed by atoms with E-state index in [1.165, 1.54) is 5.39 Å². The molecule has 2 aromatic rings. The molecule has 1 aliphatic heterocycles. The topological polar surface area (TPSA) is 38.2 Å². The molecule has 0 atom stereocenters. The minimum absolute atomic E-state index is 0.790. The van der Waals surface area contributed by atoms with Crippen molar-refractivity contribution >= 4 is 28.1 Å². The summed E-state index contributed by atoms with van der Waals surface area (Å²) >= 11 is 1.70. The van der Waals surface area contributed by atoms with Crippen LogP contribution in [-0.2, 0) is 11.2 Å². The summed E-state index contributed by atoms with van der Waals surface area (Å²) in [5.41, 5.74) is 1.08. The largest absolute Gasteiger partial charge is 0.378 e. The first-order chi connectivity index (χ1) is 8.88. The van der Waals surface area contributed by atoms with Gasteiger partial charge in [0, 0.05) is 30.3 Å². The van der Waals surface area contributed by atoms with Gasteiger partial charge in [-0.3, -0.25) is 0 Å². The van der Waals surface area contributed by atoms with Crippen molar-refractivity contribution in [3.05, 3.63) is 16.6 Å². The van der Waals surface area contributed by atoms with Gasteiger partial charge in [-0.1, -0.05) is 6.92 Å². The number of rotatable bonds is 3. The summed E-state index contributed by atoms with van der Waals surface area (Å²) in [5.74, 6) is 2.05. The molecule has 0 bridgehead atoms. The van der Waals surface area contributed by atoms with E-state index in [2.05, 4.69) is 27.6 Å². The lowest BCUT2D eigenvalue weighted by Gasteiger charge is -2.28. The van der Waals surface area contributed by atoms with E-state index in [1.807, 2.05) is 0 Å². The molecule has 5 heteroatoms. The fourth-order valence-corrected chi connectivity index (χ4v) is 2.98. The molecular weight excluding hydrogens is 246 g/mol. The van der Waals surface area contributed by atoms with Gasteiger partial charge in [0.15, 0.2) is 0 Å². The summed E-state index contributed by atoms with van der Waals surface area (Å²) in [6.07, 6.45) is 2.03. The molecule has 4 nitrogen and oxygen atoms in total. The zero-order valence-electron chi connectivity index (χ0n) is 10.6. The van der Waals surface area contributed by atoms with Crippen LogP contribution in [0.4, 0.5) is 5.82 Å². The summed E-state index contributed by atoms with van der Waals surface area (Å²) in [6.45, 7) is 5.59. The molecule has 0 amide bonds. The Morgan fingerprint density at radius 3 is 2.89 bits per heavy atom. The van der Waals surface area contributed by atoms with Gasteiger partial charge in [0.2, 0.25) is 0 Å². The SMILES string of the molecule is CCCc1nc(N2CCOCC2)c2cscc2n1. The molecule has 0 saturated carbocycles. The van der Waals surface area contributed by atoms with Crippen LogP contribution in [0, 0.1) is 0 Å². The van der Waals surface area contributed by atoms with Crippen molar-refractivity contribution in [3.8, 4) is 0 Å². The molecule has 0 radical (unpaired) electrons. The number of thiophene rings is 1. The van der Waals surface area contributed by atoms with Crippen LogP contribution in [0.5, 0.6) is 0 Å². The van der Waals surface area contributed by atoms with Crippen LogP contribution in [-0.4, -0.2) is 36.3 Å². The first-order valence-electron chi connectivity index (χ1n) is 6.44. The lowest BCUT2D eigenvalue weighted by Crippen LogP contribution is -2.37. The number of morpholine rings is 1. The Labute approximate surface area is 111 Å².